The van der Waals surface area contributed by atoms with Gasteiger partial charge in [-0.3, -0.25) is 0 Å². The molecule has 0 aromatic heterocycles. The van der Waals surface area contributed by atoms with Gasteiger partial charge in [0.2, 0.25) is 0 Å². The molecule has 6 heteroatoms. The average Bonchev–Trinajstić information content (AvgIpc) is 2.57. The molecular formula is C20H24Cl2N2O2. The van der Waals surface area contributed by atoms with Crippen molar-refractivity contribution in [1.29, 1.82) is 0 Å². The van der Waals surface area contributed by atoms with Crippen LogP contribution in [0.1, 0.15) is 32.8 Å². The summed E-state index contributed by atoms with van der Waals surface area (Å²) in [5.41, 5.74) is 1.91. The maximum atomic E-state index is 11.9. The van der Waals surface area contributed by atoms with Crippen LogP contribution in [0.4, 0.5) is 10.5 Å². The van der Waals surface area contributed by atoms with Crippen LogP contribution in [0.3, 0.4) is 0 Å². The molecule has 2 aromatic rings. The van der Waals surface area contributed by atoms with Gasteiger partial charge in [0.15, 0.2) is 0 Å². The SMILES string of the molecule is CC(C)(C)c1ccc(OCCCNC(=O)Nc2ccc(Cl)cc2Cl)cc1. The summed E-state index contributed by atoms with van der Waals surface area (Å²) < 4.78 is 5.70. The molecule has 0 bridgehead atoms. The Morgan fingerprint density at radius 3 is 2.38 bits per heavy atom. The Morgan fingerprint density at radius 2 is 1.77 bits per heavy atom. The van der Waals surface area contributed by atoms with Crippen LogP contribution in [0, 0.1) is 0 Å². The zero-order chi connectivity index (χ0) is 19.2. The van der Waals surface area contributed by atoms with Crippen LogP contribution in [0.5, 0.6) is 5.75 Å². The monoisotopic (exact) mass is 394 g/mol. The lowest BCUT2D eigenvalue weighted by atomic mass is 9.87. The zero-order valence-corrected chi connectivity index (χ0v) is 16.7. The largest absolute Gasteiger partial charge is 0.494 e. The van der Waals surface area contributed by atoms with E-state index in [0.717, 1.165) is 5.75 Å². The second kappa shape index (κ2) is 9.15. The number of halogens is 2. The van der Waals surface area contributed by atoms with Crippen molar-refractivity contribution in [3.63, 3.8) is 0 Å². The van der Waals surface area contributed by atoms with E-state index in [4.69, 9.17) is 27.9 Å². The fourth-order valence-electron chi connectivity index (χ4n) is 2.27. The Kier molecular flexibility index (Phi) is 7.18. The van der Waals surface area contributed by atoms with Crippen LogP contribution < -0.4 is 15.4 Å². The van der Waals surface area contributed by atoms with Crippen LogP contribution in [0.15, 0.2) is 42.5 Å². The van der Waals surface area contributed by atoms with Gasteiger partial charge in [-0.05, 0) is 47.7 Å². The van der Waals surface area contributed by atoms with Gasteiger partial charge in [0.1, 0.15) is 5.75 Å². The number of urea groups is 1. The van der Waals surface area contributed by atoms with Crippen LogP contribution >= 0.6 is 23.2 Å². The number of ether oxygens (including phenoxy) is 1. The molecule has 2 rings (SSSR count). The normalized spacial score (nSPS) is 11.1. The Balaban J connectivity index is 1.68. The summed E-state index contributed by atoms with van der Waals surface area (Å²) >= 11 is 11.8. The van der Waals surface area contributed by atoms with Crippen molar-refractivity contribution in [3.8, 4) is 5.75 Å². The lowest BCUT2D eigenvalue weighted by Gasteiger charge is -2.19. The number of hydrogen-bond donors (Lipinski definition) is 2. The Bertz CT molecular complexity index is 740. The second-order valence-electron chi connectivity index (χ2n) is 6.98. The molecule has 0 aliphatic rings. The van der Waals surface area contributed by atoms with Crippen molar-refractivity contribution >= 4 is 34.9 Å². The molecule has 2 N–H and O–H groups in total. The van der Waals surface area contributed by atoms with Crippen molar-refractivity contribution in [2.75, 3.05) is 18.5 Å². The minimum absolute atomic E-state index is 0.128. The summed E-state index contributed by atoms with van der Waals surface area (Å²) in [6.45, 7) is 7.55. The van der Waals surface area contributed by atoms with Gasteiger partial charge in [0.05, 0.1) is 17.3 Å². The van der Waals surface area contributed by atoms with Gasteiger partial charge in [-0.15, -0.1) is 0 Å². The molecular weight excluding hydrogens is 371 g/mol. The molecule has 2 amide bonds. The van der Waals surface area contributed by atoms with Crippen LogP contribution in [-0.4, -0.2) is 19.2 Å². The zero-order valence-electron chi connectivity index (χ0n) is 15.2. The molecule has 2 aromatic carbocycles. The predicted molar refractivity (Wildman–Crippen MR) is 109 cm³/mol. The summed E-state index contributed by atoms with van der Waals surface area (Å²) in [5, 5.41) is 6.37. The highest BCUT2D eigenvalue weighted by molar-refractivity contribution is 6.36. The summed E-state index contributed by atoms with van der Waals surface area (Å²) in [5.74, 6) is 0.829. The molecule has 4 nitrogen and oxygen atoms in total. The molecule has 0 radical (unpaired) electrons. The van der Waals surface area contributed by atoms with E-state index in [1.807, 2.05) is 12.1 Å². The minimum Gasteiger partial charge on any atom is -0.494 e. The number of nitrogens with one attached hydrogen (secondary N) is 2. The Morgan fingerprint density at radius 1 is 1.08 bits per heavy atom. The standard InChI is InChI=1S/C20H24Cl2N2O2/c1-20(2,3)14-5-8-16(9-6-14)26-12-4-11-23-19(25)24-18-10-7-15(21)13-17(18)22/h5-10,13H,4,11-12H2,1-3H3,(H2,23,24,25). The predicted octanol–water partition coefficient (Wildman–Crippen LogP) is 5.88. The second-order valence-corrected chi connectivity index (χ2v) is 7.83. The third-order valence-electron chi connectivity index (χ3n) is 3.78. The number of carbonyl (C=O) groups is 1. The van der Waals surface area contributed by atoms with Crippen LogP contribution in [0.25, 0.3) is 0 Å². The highest BCUT2D eigenvalue weighted by atomic mass is 35.5. The van der Waals surface area contributed by atoms with E-state index in [2.05, 4.69) is 43.5 Å². The highest BCUT2D eigenvalue weighted by Gasteiger charge is 2.12. The first-order valence-electron chi connectivity index (χ1n) is 8.49. The highest BCUT2D eigenvalue weighted by Crippen LogP contribution is 2.25. The Labute approximate surface area is 164 Å². The third kappa shape index (κ3) is 6.43. The third-order valence-corrected chi connectivity index (χ3v) is 4.32. The maximum absolute atomic E-state index is 11.9. The summed E-state index contributed by atoms with van der Waals surface area (Å²) in [7, 11) is 0. The van der Waals surface area contributed by atoms with Crippen molar-refractivity contribution in [2.45, 2.75) is 32.6 Å². The Hall–Kier alpha value is -1.91. The van der Waals surface area contributed by atoms with E-state index < -0.39 is 0 Å². The number of benzene rings is 2. The first kappa shape index (κ1) is 20.4. The summed E-state index contributed by atoms with van der Waals surface area (Å²) in [6, 6.07) is 12.7. The summed E-state index contributed by atoms with van der Waals surface area (Å²) in [4.78, 5) is 11.9. The van der Waals surface area contributed by atoms with Gasteiger partial charge in [0, 0.05) is 11.6 Å². The lowest BCUT2D eigenvalue weighted by molar-refractivity contribution is 0.250. The molecule has 0 aliphatic carbocycles. The molecule has 0 atom stereocenters. The first-order valence-corrected chi connectivity index (χ1v) is 9.24. The first-order chi connectivity index (χ1) is 12.3. The van der Waals surface area contributed by atoms with Crippen LogP contribution in [-0.2, 0) is 5.41 Å². The molecule has 0 unspecified atom stereocenters. The lowest BCUT2D eigenvalue weighted by Crippen LogP contribution is -2.30. The molecule has 0 heterocycles. The number of rotatable bonds is 6. The topological polar surface area (TPSA) is 50.4 Å². The minimum atomic E-state index is -0.316. The van der Waals surface area contributed by atoms with Crippen molar-refractivity contribution in [3.05, 3.63) is 58.1 Å². The molecule has 26 heavy (non-hydrogen) atoms. The fraction of sp³-hybridized carbons (Fsp3) is 0.350. The van der Waals surface area contributed by atoms with E-state index >= 15 is 0 Å². The summed E-state index contributed by atoms with van der Waals surface area (Å²) in [6.07, 6.45) is 0.697. The molecule has 0 saturated carbocycles. The molecule has 140 valence electrons. The van der Waals surface area contributed by atoms with Crippen molar-refractivity contribution in [2.24, 2.45) is 0 Å². The number of hydrogen-bond acceptors (Lipinski definition) is 2. The smallest absolute Gasteiger partial charge is 0.319 e. The van der Waals surface area contributed by atoms with E-state index in [-0.39, 0.29) is 11.4 Å². The van der Waals surface area contributed by atoms with Gasteiger partial charge in [0.25, 0.3) is 0 Å². The quantitative estimate of drug-likeness (QED) is 0.600. The molecule has 0 saturated heterocycles. The van der Waals surface area contributed by atoms with Gasteiger partial charge in [-0.1, -0.05) is 56.1 Å². The van der Waals surface area contributed by atoms with Crippen LogP contribution in [0.2, 0.25) is 10.0 Å². The van der Waals surface area contributed by atoms with E-state index in [9.17, 15) is 4.79 Å². The molecule has 0 fully saturated rings. The van der Waals surface area contributed by atoms with Gasteiger partial charge in [-0.25, -0.2) is 4.79 Å². The fourth-order valence-corrected chi connectivity index (χ4v) is 2.73. The van der Waals surface area contributed by atoms with E-state index in [0.29, 0.717) is 35.3 Å². The average molecular weight is 395 g/mol. The van der Waals surface area contributed by atoms with Crippen molar-refractivity contribution in [1.82, 2.24) is 5.32 Å². The number of amides is 2. The number of anilines is 1. The van der Waals surface area contributed by atoms with Crippen molar-refractivity contribution < 1.29 is 9.53 Å². The van der Waals surface area contributed by atoms with Gasteiger partial charge in [-0.2, -0.15) is 0 Å². The van der Waals surface area contributed by atoms with E-state index in [1.165, 1.54) is 5.56 Å². The molecule has 0 spiro atoms. The van der Waals surface area contributed by atoms with Gasteiger partial charge < -0.3 is 15.4 Å². The molecule has 0 aliphatic heterocycles. The maximum Gasteiger partial charge on any atom is 0.319 e. The number of carbonyl (C=O) groups excluding carboxylic acids is 1. The van der Waals surface area contributed by atoms with E-state index in [1.54, 1.807) is 18.2 Å². The van der Waals surface area contributed by atoms with Gasteiger partial charge >= 0.3 is 6.03 Å².